The number of nitrogens with zero attached hydrogens (tertiary/aromatic N) is 4. The molecule has 0 spiro atoms. The average Bonchev–Trinajstić information content (AvgIpc) is 3.26. The lowest BCUT2D eigenvalue weighted by Crippen LogP contribution is -2.38. The summed E-state index contributed by atoms with van der Waals surface area (Å²) in [7, 11) is -3.70. The minimum Gasteiger partial charge on any atom is -0.412 e. The predicted octanol–water partition coefficient (Wildman–Crippen LogP) is 2.46. The number of hydrogen-bond donors (Lipinski definition) is 0. The summed E-state index contributed by atoms with van der Waals surface area (Å²) in [5, 5.41) is 7.38. The smallest absolute Gasteiger partial charge is 0.335 e. The van der Waals surface area contributed by atoms with Gasteiger partial charge in [-0.05, 0) is 30.5 Å². The van der Waals surface area contributed by atoms with Crippen LogP contribution in [0.2, 0.25) is 0 Å². The topological polar surface area (TPSA) is 106 Å². The Morgan fingerprint density at radius 1 is 1.03 bits per heavy atom. The SMILES string of the molecule is O=C(c1ccncc1)N1CCC(c2nnc(S(=O)(=O)Cc3ccccc3)o2)CC1. The molecule has 8 nitrogen and oxygen atoms in total. The molecule has 1 saturated heterocycles. The van der Waals surface area contributed by atoms with Crippen LogP contribution in [-0.4, -0.2) is 47.5 Å². The number of likely N-dealkylation sites (tertiary alicyclic amines) is 1. The Hall–Kier alpha value is -3.07. The average molecular weight is 412 g/mol. The third-order valence-electron chi connectivity index (χ3n) is 4.95. The molecular formula is C20H20N4O4S. The van der Waals surface area contributed by atoms with Crippen molar-refractivity contribution in [3.8, 4) is 0 Å². The quantitative estimate of drug-likeness (QED) is 0.634. The van der Waals surface area contributed by atoms with Crippen LogP contribution in [0.3, 0.4) is 0 Å². The molecule has 4 rings (SSSR count). The number of piperidine rings is 1. The Labute approximate surface area is 168 Å². The highest BCUT2D eigenvalue weighted by Gasteiger charge is 2.30. The van der Waals surface area contributed by atoms with E-state index in [1.54, 1.807) is 53.7 Å². The second-order valence-corrected chi connectivity index (χ2v) is 8.82. The predicted molar refractivity (Wildman–Crippen MR) is 104 cm³/mol. The Bertz CT molecular complexity index is 1080. The van der Waals surface area contributed by atoms with Crippen molar-refractivity contribution in [1.82, 2.24) is 20.1 Å². The maximum atomic E-state index is 12.5. The van der Waals surface area contributed by atoms with E-state index in [2.05, 4.69) is 15.2 Å². The molecular weight excluding hydrogens is 392 g/mol. The molecule has 1 amide bonds. The molecule has 1 fully saturated rings. The zero-order valence-corrected chi connectivity index (χ0v) is 16.5. The highest BCUT2D eigenvalue weighted by molar-refractivity contribution is 7.90. The van der Waals surface area contributed by atoms with E-state index in [-0.39, 0.29) is 22.8 Å². The maximum Gasteiger partial charge on any atom is 0.335 e. The highest BCUT2D eigenvalue weighted by Crippen LogP contribution is 2.29. The molecule has 0 N–H and O–H groups in total. The molecule has 0 bridgehead atoms. The molecule has 9 heteroatoms. The Morgan fingerprint density at radius 2 is 1.72 bits per heavy atom. The Morgan fingerprint density at radius 3 is 2.41 bits per heavy atom. The van der Waals surface area contributed by atoms with Crippen LogP contribution >= 0.6 is 0 Å². The number of pyridine rings is 1. The summed E-state index contributed by atoms with van der Waals surface area (Å²) in [6.45, 7) is 1.08. The standard InChI is InChI=1S/C20H20N4O4S/c25-19(17-6-10-21-11-7-17)24-12-8-16(9-13-24)18-22-23-20(28-18)29(26,27)14-15-4-2-1-3-5-15/h1-7,10-11,16H,8-9,12-14H2. The molecule has 3 aromatic rings. The van der Waals surface area contributed by atoms with Gasteiger partial charge in [0.1, 0.15) is 0 Å². The molecule has 2 aromatic heterocycles. The molecule has 29 heavy (non-hydrogen) atoms. The number of rotatable bonds is 5. The molecule has 1 aliphatic heterocycles. The van der Waals surface area contributed by atoms with Crippen LogP contribution in [0.4, 0.5) is 0 Å². The van der Waals surface area contributed by atoms with Gasteiger partial charge in [-0.25, -0.2) is 8.42 Å². The minimum absolute atomic E-state index is 0.0393. The van der Waals surface area contributed by atoms with Crippen LogP contribution in [-0.2, 0) is 15.6 Å². The van der Waals surface area contributed by atoms with Gasteiger partial charge >= 0.3 is 5.22 Å². The van der Waals surface area contributed by atoms with Gasteiger partial charge in [0, 0.05) is 37.0 Å². The van der Waals surface area contributed by atoms with Crippen molar-refractivity contribution in [1.29, 1.82) is 0 Å². The van der Waals surface area contributed by atoms with Crippen LogP contribution in [0.15, 0.2) is 64.5 Å². The van der Waals surface area contributed by atoms with E-state index in [1.807, 2.05) is 6.07 Å². The van der Waals surface area contributed by atoms with Gasteiger partial charge in [-0.3, -0.25) is 9.78 Å². The van der Waals surface area contributed by atoms with Gasteiger partial charge in [-0.2, -0.15) is 0 Å². The molecule has 0 radical (unpaired) electrons. The largest absolute Gasteiger partial charge is 0.412 e. The first-order valence-corrected chi connectivity index (χ1v) is 11.0. The third-order valence-corrected chi connectivity index (χ3v) is 6.36. The summed E-state index contributed by atoms with van der Waals surface area (Å²) in [6, 6.07) is 12.3. The van der Waals surface area contributed by atoms with E-state index in [1.165, 1.54) is 0 Å². The van der Waals surface area contributed by atoms with Crippen molar-refractivity contribution in [3.05, 3.63) is 71.9 Å². The zero-order valence-electron chi connectivity index (χ0n) is 15.6. The normalized spacial score (nSPS) is 15.4. The van der Waals surface area contributed by atoms with Crippen molar-refractivity contribution < 1.29 is 17.6 Å². The van der Waals surface area contributed by atoms with Crippen molar-refractivity contribution in [2.24, 2.45) is 0 Å². The Kier molecular flexibility index (Phi) is 5.39. The molecule has 0 atom stereocenters. The zero-order chi connectivity index (χ0) is 20.3. The molecule has 1 aliphatic rings. The molecule has 1 aromatic carbocycles. The van der Waals surface area contributed by atoms with Crippen molar-refractivity contribution in [2.75, 3.05) is 13.1 Å². The first-order chi connectivity index (χ1) is 14.0. The van der Waals surface area contributed by atoms with Crippen molar-refractivity contribution >= 4 is 15.7 Å². The number of carbonyl (C=O) groups is 1. The van der Waals surface area contributed by atoms with Crippen LogP contribution < -0.4 is 0 Å². The summed E-state index contributed by atoms with van der Waals surface area (Å²) in [5.74, 6) is 0.0220. The van der Waals surface area contributed by atoms with E-state index < -0.39 is 9.84 Å². The van der Waals surface area contributed by atoms with Gasteiger partial charge < -0.3 is 9.32 Å². The first-order valence-electron chi connectivity index (χ1n) is 9.32. The number of amides is 1. The number of hydrogen-bond acceptors (Lipinski definition) is 7. The minimum atomic E-state index is -3.70. The summed E-state index contributed by atoms with van der Waals surface area (Å²) >= 11 is 0. The number of benzene rings is 1. The van der Waals surface area contributed by atoms with Crippen LogP contribution in [0.1, 0.15) is 40.6 Å². The second kappa shape index (κ2) is 8.12. The van der Waals surface area contributed by atoms with Crippen molar-refractivity contribution in [2.45, 2.75) is 29.7 Å². The lowest BCUT2D eigenvalue weighted by molar-refractivity contribution is 0.0705. The summed E-state index contributed by atoms with van der Waals surface area (Å²) in [4.78, 5) is 18.2. The molecule has 150 valence electrons. The first kappa shape index (κ1) is 19.3. The fourth-order valence-corrected chi connectivity index (χ4v) is 4.51. The number of sulfone groups is 1. The van der Waals surface area contributed by atoms with E-state index in [0.29, 0.717) is 42.9 Å². The molecule has 0 unspecified atom stereocenters. The van der Waals surface area contributed by atoms with Gasteiger partial charge in [0.25, 0.3) is 5.91 Å². The number of aromatic nitrogens is 3. The molecule has 0 aliphatic carbocycles. The van der Waals surface area contributed by atoms with Gasteiger partial charge in [0.2, 0.25) is 15.7 Å². The van der Waals surface area contributed by atoms with Gasteiger partial charge in [0.05, 0.1) is 5.75 Å². The lowest BCUT2D eigenvalue weighted by Gasteiger charge is -2.30. The van der Waals surface area contributed by atoms with Crippen LogP contribution in [0.5, 0.6) is 0 Å². The Balaban J connectivity index is 1.40. The summed E-state index contributed by atoms with van der Waals surface area (Å²) in [6.07, 6.45) is 4.46. The van der Waals surface area contributed by atoms with Gasteiger partial charge in [0.15, 0.2) is 0 Å². The monoisotopic (exact) mass is 412 g/mol. The maximum absolute atomic E-state index is 12.5. The van der Waals surface area contributed by atoms with Crippen LogP contribution in [0.25, 0.3) is 0 Å². The van der Waals surface area contributed by atoms with E-state index in [9.17, 15) is 13.2 Å². The fourth-order valence-electron chi connectivity index (χ4n) is 3.37. The van der Waals surface area contributed by atoms with Gasteiger partial charge in [-0.15, -0.1) is 5.10 Å². The van der Waals surface area contributed by atoms with Crippen molar-refractivity contribution in [3.63, 3.8) is 0 Å². The summed E-state index contributed by atoms with van der Waals surface area (Å²) < 4.78 is 30.6. The fraction of sp³-hybridized carbons (Fsp3) is 0.300. The van der Waals surface area contributed by atoms with E-state index in [4.69, 9.17) is 4.42 Å². The van der Waals surface area contributed by atoms with Crippen LogP contribution in [0, 0.1) is 0 Å². The molecule has 0 saturated carbocycles. The third kappa shape index (κ3) is 4.34. The number of carbonyl (C=O) groups excluding carboxylic acids is 1. The highest BCUT2D eigenvalue weighted by atomic mass is 32.2. The van der Waals surface area contributed by atoms with Gasteiger partial charge in [-0.1, -0.05) is 35.4 Å². The molecule has 3 heterocycles. The van der Waals surface area contributed by atoms with E-state index in [0.717, 1.165) is 0 Å². The van der Waals surface area contributed by atoms with E-state index >= 15 is 0 Å². The summed E-state index contributed by atoms with van der Waals surface area (Å²) in [5.41, 5.74) is 1.26. The lowest BCUT2D eigenvalue weighted by atomic mass is 9.96. The second-order valence-electron chi connectivity index (χ2n) is 6.95.